The first kappa shape index (κ1) is 15.1. The molecule has 4 heteroatoms. The first-order valence-corrected chi connectivity index (χ1v) is 7.51. The molecule has 0 aliphatic carbocycles. The van der Waals surface area contributed by atoms with Gasteiger partial charge in [-0.25, -0.2) is 4.39 Å². The van der Waals surface area contributed by atoms with E-state index in [-0.39, 0.29) is 11.9 Å². The SMILES string of the molecule is CCCNC(c1cncc(F)c1)c1ccc(C)cc1Br. The van der Waals surface area contributed by atoms with Crippen LogP contribution in [-0.4, -0.2) is 11.5 Å². The number of rotatable bonds is 5. The molecule has 20 heavy (non-hydrogen) atoms. The maximum atomic E-state index is 13.4. The van der Waals surface area contributed by atoms with Gasteiger partial charge in [0.15, 0.2) is 0 Å². The first-order valence-electron chi connectivity index (χ1n) is 6.71. The van der Waals surface area contributed by atoms with E-state index in [0.717, 1.165) is 28.6 Å². The van der Waals surface area contributed by atoms with Crippen LogP contribution in [0.5, 0.6) is 0 Å². The molecule has 1 aromatic heterocycles. The second-order valence-electron chi connectivity index (χ2n) is 4.85. The third-order valence-corrected chi connectivity index (χ3v) is 3.81. The van der Waals surface area contributed by atoms with Crippen LogP contribution in [0.3, 0.4) is 0 Å². The molecule has 0 bridgehead atoms. The Morgan fingerprint density at radius 2 is 2.10 bits per heavy atom. The number of pyridine rings is 1. The Hall–Kier alpha value is -1.26. The van der Waals surface area contributed by atoms with E-state index >= 15 is 0 Å². The zero-order valence-electron chi connectivity index (χ0n) is 11.7. The van der Waals surface area contributed by atoms with E-state index in [2.05, 4.69) is 51.4 Å². The van der Waals surface area contributed by atoms with E-state index in [1.807, 2.05) is 6.92 Å². The predicted molar refractivity (Wildman–Crippen MR) is 83.2 cm³/mol. The Bertz CT molecular complexity index is 586. The van der Waals surface area contributed by atoms with Crippen molar-refractivity contribution in [3.63, 3.8) is 0 Å². The predicted octanol–water partition coefficient (Wildman–Crippen LogP) is 4.38. The topological polar surface area (TPSA) is 24.9 Å². The van der Waals surface area contributed by atoms with Crippen LogP contribution >= 0.6 is 15.9 Å². The minimum atomic E-state index is -0.311. The molecule has 0 saturated heterocycles. The second kappa shape index (κ2) is 6.95. The lowest BCUT2D eigenvalue weighted by Gasteiger charge is -2.21. The molecule has 0 aliphatic rings. The molecular weight excluding hydrogens is 319 g/mol. The van der Waals surface area contributed by atoms with Crippen LogP contribution in [-0.2, 0) is 0 Å². The van der Waals surface area contributed by atoms with Gasteiger partial charge in [0.25, 0.3) is 0 Å². The standard InChI is InChI=1S/C16H18BrFN2/c1-3-6-20-16(12-8-13(18)10-19-9-12)14-5-4-11(2)7-15(14)17/h4-5,7-10,16,20H,3,6H2,1-2H3. The molecule has 2 nitrogen and oxygen atoms in total. The number of halogens is 2. The van der Waals surface area contributed by atoms with Crippen LogP contribution in [0.1, 0.15) is 36.1 Å². The van der Waals surface area contributed by atoms with Gasteiger partial charge in [-0.2, -0.15) is 0 Å². The molecule has 1 N–H and O–H groups in total. The van der Waals surface area contributed by atoms with Crippen LogP contribution in [0.4, 0.5) is 4.39 Å². The molecule has 1 aromatic carbocycles. The van der Waals surface area contributed by atoms with Crippen LogP contribution in [0.15, 0.2) is 41.1 Å². The number of hydrogen-bond acceptors (Lipinski definition) is 2. The van der Waals surface area contributed by atoms with E-state index in [1.165, 1.54) is 17.8 Å². The lowest BCUT2D eigenvalue weighted by molar-refractivity contribution is 0.579. The summed E-state index contributed by atoms with van der Waals surface area (Å²) in [6, 6.07) is 7.67. The van der Waals surface area contributed by atoms with Crippen LogP contribution in [0.25, 0.3) is 0 Å². The number of nitrogens with one attached hydrogen (secondary N) is 1. The third kappa shape index (κ3) is 3.64. The number of aryl methyl sites for hydroxylation is 1. The van der Waals surface area contributed by atoms with E-state index in [1.54, 1.807) is 6.20 Å². The molecule has 0 radical (unpaired) electrons. The Balaban J connectivity index is 2.41. The largest absolute Gasteiger partial charge is 0.306 e. The monoisotopic (exact) mass is 336 g/mol. The highest BCUT2D eigenvalue weighted by Gasteiger charge is 2.17. The number of benzene rings is 1. The average Bonchev–Trinajstić information content (AvgIpc) is 2.41. The van der Waals surface area contributed by atoms with Crippen LogP contribution in [0.2, 0.25) is 0 Å². The van der Waals surface area contributed by atoms with Gasteiger partial charge in [-0.1, -0.05) is 35.0 Å². The molecule has 106 valence electrons. The van der Waals surface area contributed by atoms with E-state index in [9.17, 15) is 4.39 Å². The lowest BCUT2D eigenvalue weighted by atomic mass is 9.99. The van der Waals surface area contributed by atoms with Crippen LogP contribution in [0, 0.1) is 12.7 Å². The lowest BCUT2D eigenvalue weighted by Crippen LogP contribution is -2.23. The van der Waals surface area contributed by atoms with Gasteiger partial charge in [0.05, 0.1) is 12.2 Å². The zero-order chi connectivity index (χ0) is 14.5. The molecular formula is C16H18BrFN2. The molecule has 2 rings (SSSR count). The fourth-order valence-electron chi connectivity index (χ4n) is 2.15. The van der Waals surface area contributed by atoms with Crippen molar-refractivity contribution in [1.29, 1.82) is 0 Å². The van der Waals surface area contributed by atoms with Crippen molar-refractivity contribution in [3.8, 4) is 0 Å². The smallest absolute Gasteiger partial charge is 0.141 e. The highest BCUT2D eigenvalue weighted by Crippen LogP contribution is 2.29. The van der Waals surface area contributed by atoms with Gasteiger partial charge in [-0.3, -0.25) is 4.98 Å². The Morgan fingerprint density at radius 3 is 2.75 bits per heavy atom. The van der Waals surface area contributed by atoms with Crippen molar-refractivity contribution >= 4 is 15.9 Å². The molecule has 1 heterocycles. The van der Waals surface area contributed by atoms with Gasteiger partial charge in [-0.05, 0) is 48.7 Å². The van der Waals surface area contributed by atoms with E-state index in [4.69, 9.17) is 0 Å². The molecule has 0 amide bonds. The highest BCUT2D eigenvalue weighted by molar-refractivity contribution is 9.10. The van der Waals surface area contributed by atoms with Gasteiger partial charge in [0.1, 0.15) is 5.82 Å². The van der Waals surface area contributed by atoms with Crippen LogP contribution < -0.4 is 5.32 Å². The zero-order valence-corrected chi connectivity index (χ0v) is 13.2. The Kier molecular flexibility index (Phi) is 5.26. The van der Waals surface area contributed by atoms with Gasteiger partial charge in [0.2, 0.25) is 0 Å². The van der Waals surface area contributed by atoms with Gasteiger partial charge >= 0.3 is 0 Å². The summed E-state index contributed by atoms with van der Waals surface area (Å²) in [4.78, 5) is 3.96. The van der Waals surface area contributed by atoms with Crippen molar-refractivity contribution in [2.24, 2.45) is 0 Å². The summed E-state index contributed by atoms with van der Waals surface area (Å²) >= 11 is 3.60. The van der Waals surface area contributed by atoms with Crippen molar-refractivity contribution in [3.05, 3.63) is 63.6 Å². The summed E-state index contributed by atoms with van der Waals surface area (Å²) in [6.07, 6.45) is 3.95. The number of aromatic nitrogens is 1. The van der Waals surface area contributed by atoms with Crippen molar-refractivity contribution in [2.45, 2.75) is 26.3 Å². The van der Waals surface area contributed by atoms with Gasteiger partial charge < -0.3 is 5.32 Å². The Labute approximate surface area is 127 Å². The minimum Gasteiger partial charge on any atom is -0.306 e. The Morgan fingerprint density at radius 1 is 1.30 bits per heavy atom. The first-order chi connectivity index (χ1) is 9.61. The molecule has 0 aliphatic heterocycles. The summed E-state index contributed by atoms with van der Waals surface area (Å²) in [5, 5.41) is 3.45. The molecule has 0 fully saturated rings. The number of hydrogen-bond donors (Lipinski definition) is 1. The van der Waals surface area contributed by atoms with Gasteiger partial charge in [-0.15, -0.1) is 0 Å². The van der Waals surface area contributed by atoms with Gasteiger partial charge in [0, 0.05) is 10.7 Å². The summed E-state index contributed by atoms with van der Waals surface area (Å²) < 4.78 is 14.5. The molecule has 1 atom stereocenters. The molecule has 1 unspecified atom stereocenters. The fourth-order valence-corrected chi connectivity index (χ4v) is 2.87. The average molecular weight is 337 g/mol. The molecule has 2 aromatic rings. The van der Waals surface area contributed by atoms with Crippen molar-refractivity contribution in [2.75, 3.05) is 6.54 Å². The summed E-state index contributed by atoms with van der Waals surface area (Å²) in [6.45, 7) is 5.02. The van der Waals surface area contributed by atoms with Crippen molar-refractivity contribution < 1.29 is 4.39 Å². The van der Waals surface area contributed by atoms with E-state index in [0.29, 0.717) is 0 Å². The normalized spacial score (nSPS) is 12.4. The molecule has 0 spiro atoms. The summed E-state index contributed by atoms with van der Waals surface area (Å²) in [7, 11) is 0. The van der Waals surface area contributed by atoms with E-state index < -0.39 is 0 Å². The minimum absolute atomic E-state index is 0.0619. The third-order valence-electron chi connectivity index (χ3n) is 3.12. The maximum absolute atomic E-state index is 13.4. The highest BCUT2D eigenvalue weighted by atomic mass is 79.9. The second-order valence-corrected chi connectivity index (χ2v) is 5.70. The quantitative estimate of drug-likeness (QED) is 0.876. The van der Waals surface area contributed by atoms with Crippen molar-refractivity contribution in [1.82, 2.24) is 10.3 Å². The maximum Gasteiger partial charge on any atom is 0.141 e. The summed E-state index contributed by atoms with van der Waals surface area (Å²) in [5.74, 6) is -0.311. The molecule has 0 saturated carbocycles. The summed E-state index contributed by atoms with van der Waals surface area (Å²) in [5.41, 5.74) is 3.12. The fraction of sp³-hybridized carbons (Fsp3) is 0.312. The number of nitrogens with zero attached hydrogens (tertiary/aromatic N) is 1.